The third-order valence-electron chi connectivity index (χ3n) is 3.22. The second kappa shape index (κ2) is 6.10. The summed E-state index contributed by atoms with van der Waals surface area (Å²) >= 11 is 5.98. The molecule has 1 aliphatic rings. The van der Waals surface area contributed by atoms with Crippen molar-refractivity contribution < 1.29 is 4.79 Å². The standard InChI is InChI=1S/C14H19ClN2O/c1-2-16-13-10-11(15)6-7-12(13)14(18)17-8-4-3-5-9-17/h6-7,10,16H,2-5,8-9H2,1H3. The molecule has 1 aliphatic heterocycles. The quantitative estimate of drug-likeness (QED) is 0.909. The number of halogens is 1. The van der Waals surface area contributed by atoms with E-state index in [2.05, 4.69) is 5.32 Å². The second-order valence-corrected chi connectivity index (χ2v) is 5.01. The van der Waals surface area contributed by atoms with Gasteiger partial charge in [0, 0.05) is 30.3 Å². The molecule has 0 aromatic heterocycles. The molecule has 1 heterocycles. The number of carbonyl (C=O) groups excluding carboxylic acids is 1. The van der Waals surface area contributed by atoms with Gasteiger partial charge in [0.2, 0.25) is 0 Å². The van der Waals surface area contributed by atoms with Crippen LogP contribution in [0.5, 0.6) is 0 Å². The van der Waals surface area contributed by atoms with Crippen LogP contribution in [0.4, 0.5) is 5.69 Å². The fraction of sp³-hybridized carbons (Fsp3) is 0.500. The van der Waals surface area contributed by atoms with Gasteiger partial charge in [-0.25, -0.2) is 0 Å². The van der Waals surface area contributed by atoms with Gasteiger partial charge >= 0.3 is 0 Å². The van der Waals surface area contributed by atoms with Gasteiger partial charge in [-0.3, -0.25) is 4.79 Å². The van der Waals surface area contributed by atoms with E-state index in [-0.39, 0.29) is 5.91 Å². The van der Waals surface area contributed by atoms with Crippen molar-refractivity contribution in [2.24, 2.45) is 0 Å². The third-order valence-corrected chi connectivity index (χ3v) is 3.46. The number of piperidine rings is 1. The largest absolute Gasteiger partial charge is 0.385 e. The van der Waals surface area contributed by atoms with Crippen LogP contribution < -0.4 is 5.32 Å². The SMILES string of the molecule is CCNc1cc(Cl)ccc1C(=O)N1CCCCC1. The molecule has 3 nitrogen and oxygen atoms in total. The minimum Gasteiger partial charge on any atom is -0.385 e. The summed E-state index contributed by atoms with van der Waals surface area (Å²) in [5.74, 6) is 0.113. The van der Waals surface area contributed by atoms with E-state index in [9.17, 15) is 4.79 Å². The van der Waals surface area contributed by atoms with E-state index in [1.165, 1.54) is 6.42 Å². The summed E-state index contributed by atoms with van der Waals surface area (Å²) in [6, 6.07) is 5.42. The fourth-order valence-corrected chi connectivity index (χ4v) is 2.48. The number of carbonyl (C=O) groups is 1. The summed E-state index contributed by atoms with van der Waals surface area (Å²) in [5, 5.41) is 3.86. The number of rotatable bonds is 3. The molecule has 1 aromatic rings. The minimum atomic E-state index is 0.113. The van der Waals surface area contributed by atoms with Gasteiger partial charge in [-0.05, 0) is 44.4 Å². The molecule has 0 aliphatic carbocycles. The van der Waals surface area contributed by atoms with Crippen LogP contribution in [-0.2, 0) is 0 Å². The van der Waals surface area contributed by atoms with E-state index < -0.39 is 0 Å². The van der Waals surface area contributed by atoms with Crippen LogP contribution in [0, 0.1) is 0 Å². The molecule has 2 rings (SSSR count). The molecule has 1 N–H and O–H groups in total. The van der Waals surface area contributed by atoms with E-state index >= 15 is 0 Å². The number of likely N-dealkylation sites (tertiary alicyclic amines) is 1. The highest BCUT2D eigenvalue weighted by atomic mass is 35.5. The van der Waals surface area contributed by atoms with Crippen molar-refractivity contribution in [3.8, 4) is 0 Å². The number of anilines is 1. The van der Waals surface area contributed by atoms with Gasteiger partial charge in [0.15, 0.2) is 0 Å². The summed E-state index contributed by atoms with van der Waals surface area (Å²) in [4.78, 5) is 14.4. The van der Waals surface area contributed by atoms with Crippen LogP contribution in [0.2, 0.25) is 5.02 Å². The Morgan fingerprint density at radius 1 is 1.33 bits per heavy atom. The van der Waals surface area contributed by atoms with Gasteiger partial charge in [-0.1, -0.05) is 11.6 Å². The van der Waals surface area contributed by atoms with Crippen molar-refractivity contribution in [2.75, 3.05) is 25.0 Å². The molecule has 0 spiro atoms. The molecular formula is C14H19ClN2O. The maximum absolute atomic E-state index is 12.4. The number of nitrogens with zero attached hydrogens (tertiary/aromatic N) is 1. The highest BCUT2D eigenvalue weighted by Crippen LogP contribution is 2.23. The first-order chi connectivity index (χ1) is 8.72. The summed E-state index contributed by atoms with van der Waals surface area (Å²) in [7, 11) is 0. The van der Waals surface area contributed by atoms with Crippen molar-refractivity contribution in [1.29, 1.82) is 0 Å². The third kappa shape index (κ3) is 2.96. The number of hydrogen-bond donors (Lipinski definition) is 1. The molecule has 0 atom stereocenters. The van der Waals surface area contributed by atoms with E-state index in [1.54, 1.807) is 6.07 Å². The number of amides is 1. The average molecular weight is 267 g/mol. The number of benzene rings is 1. The maximum Gasteiger partial charge on any atom is 0.255 e. The van der Waals surface area contributed by atoms with Crippen LogP contribution >= 0.6 is 11.6 Å². The lowest BCUT2D eigenvalue weighted by molar-refractivity contribution is 0.0725. The van der Waals surface area contributed by atoms with Crippen LogP contribution in [-0.4, -0.2) is 30.4 Å². The number of hydrogen-bond acceptors (Lipinski definition) is 2. The molecule has 1 fully saturated rings. The van der Waals surface area contributed by atoms with Crippen molar-refractivity contribution in [1.82, 2.24) is 4.90 Å². The first kappa shape index (κ1) is 13.2. The normalized spacial score (nSPS) is 15.6. The van der Waals surface area contributed by atoms with Gasteiger partial charge in [-0.2, -0.15) is 0 Å². The lowest BCUT2D eigenvalue weighted by Gasteiger charge is -2.27. The Kier molecular flexibility index (Phi) is 4.48. The number of nitrogens with one attached hydrogen (secondary N) is 1. The van der Waals surface area contributed by atoms with Gasteiger partial charge in [0.1, 0.15) is 0 Å². The lowest BCUT2D eigenvalue weighted by Crippen LogP contribution is -2.36. The molecule has 1 amide bonds. The molecule has 0 unspecified atom stereocenters. The predicted octanol–water partition coefficient (Wildman–Crippen LogP) is 3.40. The Balaban J connectivity index is 2.22. The van der Waals surface area contributed by atoms with E-state index in [0.29, 0.717) is 5.02 Å². The Morgan fingerprint density at radius 3 is 2.72 bits per heavy atom. The summed E-state index contributed by atoms with van der Waals surface area (Å²) < 4.78 is 0. The highest BCUT2D eigenvalue weighted by molar-refractivity contribution is 6.31. The van der Waals surface area contributed by atoms with E-state index in [1.807, 2.05) is 24.0 Å². The zero-order valence-corrected chi connectivity index (χ0v) is 11.5. The van der Waals surface area contributed by atoms with Crippen molar-refractivity contribution in [3.05, 3.63) is 28.8 Å². The van der Waals surface area contributed by atoms with E-state index in [4.69, 9.17) is 11.6 Å². The molecular weight excluding hydrogens is 248 g/mol. The van der Waals surface area contributed by atoms with Crippen LogP contribution in [0.1, 0.15) is 36.5 Å². The average Bonchev–Trinajstić information content (AvgIpc) is 2.40. The van der Waals surface area contributed by atoms with Crippen molar-refractivity contribution >= 4 is 23.2 Å². The lowest BCUT2D eigenvalue weighted by atomic mass is 10.1. The summed E-state index contributed by atoms with van der Waals surface area (Å²) in [5.41, 5.74) is 1.56. The maximum atomic E-state index is 12.4. The highest BCUT2D eigenvalue weighted by Gasteiger charge is 2.20. The minimum absolute atomic E-state index is 0.113. The van der Waals surface area contributed by atoms with Crippen LogP contribution in [0.25, 0.3) is 0 Å². The topological polar surface area (TPSA) is 32.3 Å². The molecule has 1 aromatic carbocycles. The molecule has 4 heteroatoms. The zero-order chi connectivity index (χ0) is 13.0. The predicted molar refractivity (Wildman–Crippen MR) is 75.4 cm³/mol. The van der Waals surface area contributed by atoms with E-state index in [0.717, 1.165) is 43.7 Å². The Hall–Kier alpha value is -1.22. The zero-order valence-electron chi connectivity index (χ0n) is 10.7. The Bertz CT molecular complexity index is 428. The Labute approximate surface area is 113 Å². The molecule has 1 saturated heterocycles. The first-order valence-corrected chi connectivity index (χ1v) is 6.93. The molecule has 0 bridgehead atoms. The summed E-state index contributed by atoms with van der Waals surface area (Å²) in [6.45, 7) is 4.52. The van der Waals surface area contributed by atoms with Crippen LogP contribution in [0.3, 0.4) is 0 Å². The monoisotopic (exact) mass is 266 g/mol. The van der Waals surface area contributed by atoms with Gasteiger partial charge in [0.25, 0.3) is 5.91 Å². The fourth-order valence-electron chi connectivity index (χ4n) is 2.31. The van der Waals surface area contributed by atoms with Gasteiger partial charge in [-0.15, -0.1) is 0 Å². The molecule has 98 valence electrons. The van der Waals surface area contributed by atoms with Gasteiger partial charge in [0.05, 0.1) is 5.56 Å². The van der Waals surface area contributed by atoms with Crippen LogP contribution in [0.15, 0.2) is 18.2 Å². The summed E-state index contributed by atoms with van der Waals surface area (Å²) in [6.07, 6.45) is 3.44. The molecule has 0 radical (unpaired) electrons. The molecule has 18 heavy (non-hydrogen) atoms. The Morgan fingerprint density at radius 2 is 2.06 bits per heavy atom. The van der Waals surface area contributed by atoms with Crippen molar-refractivity contribution in [2.45, 2.75) is 26.2 Å². The second-order valence-electron chi connectivity index (χ2n) is 4.57. The van der Waals surface area contributed by atoms with Gasteiger partial charge < -0.3 is 10.2 Å². The van der Waals surface area contributed by atoms with Crippen molar-refractivity contribution in [3.63, 3.8) is 0 Å². The molecule has 0 saturated carbocycles. The first-order valence-electron chi connectivity index (χ1n) is 6.55. The smallest absolute Gasteiger partial charge is 0.255 e.